The number of fused-ring (bicyclic) bond motifs is 2. The lowest BCUT2D eigenvalue weighted by molar-refractivity contribution is 0.394. The first-order valence-corrected chi connectivity index (χ1v) is 5.94. The summed E-state index contributed by atoms with van der Waals surface area (Å²) in [6.45, 7) is 1.72. The lowest BCUT2D eigenvalue weighted by Crippen LogP contribution is -2.32. The van der Waals surface area contributed by atoms with Crippen LogP contribution in [0.3, 0.4) is 0 Å². The molecule has 1 aromatic rings. The average Bonchev–Trinajstić information content (AvgIpc) is 2.52. The minimum atomic E-state index is -0.121. The molecule has 0 aliphatic carbocycles. The second kappa shape index (κ2) is 5.05. The Morgan fingerprint density at radius 2 is 2.06 bits per heavy atom. The van der Waals surface area contributed by atoms with Gasteiger partial charge >= 0.3 is 0 Å². The van der Waals surface area contributed by atoms with Gasteiger partial charge in [-0.1, -0.05) is 12.5 Å². The van der Waals surface area contributed by atoms with Gasteiger partial charge in [0.25, 0.3) is 0 Å². The molecule has 2 aliphatic heterocycles. The summed E-state index contributed by atoms with van der Waals surface area (Å²) < 4.78 is 13.6. The van der Waals surface area contributed by atoms with Crippen LogP contribution in [0, 0.1) is 5.82 Å². The van der Waals surface area contributed by atoms with Crippen LogP contribution in [0.25, 0.3) is 0 Å². The first-order valence-electron chi connectivity index (χ1n) is 5.94. The molecule has 1 aromatic carbocycles. The molecule has 0 amide bonds. The molecular weight excluding hydrogens is 239 g/mol. The van der Waals surface area contributed by atoms with Gasteiger partial charge in [-0.3, -0.25) is 0 Å². The van der Waals surface area contributed by atoms with Crippen LogP contribution in [0.4, 0.5) is 10.1 Å². The highest BCUT2D eigenvalue weighted by atomic mass is 35.5. The number of aliphatic imine (C=N–C) groups is 1. The number of halogens is 2. The van der Waals surface area contributed by atoms with Crippen molar-refractivity contribution in [1.82, 2.24) is 4.90 Å². The van der Waals surface area contributed by atoms with Crippen molar-refractivity contribution in [1.29, 1.82) is 0 Å². The lowest BCUT2D eigenvalue weighted by Gasteiger charge is -2.29. The van der Waals surface area contributed by atoms with Crippen molar-refractivity contribution in [2.45, 2.75) is 32.2 Å². The van der Waals surface area contributed by atoms with Crippen molar-refractivity contribution in [3.63, 3.8) is 0 Å². The van der Waals surface area contributed by atoms with E-state index < -0.39 is 0 Å². The third-order valence-corrected chi connectivity index (χ3v) is 3.39. The van der Waals surface area contributed by atoms with Gasteiger partial charge in [0.15, 0.2) is 0 Å². The highest BCUT2D eigenvalue weighted by Crippen LogP contribution is 2.30. The number of hydrogen-bond acceptors (Lipinski definition) is 2. The maximum Gasteiger partial charge on any atom is 0.130 e. The number of benzene rings is 1. The quantitative estimate of drug-likeness (QED) is 0.690. The SMILES string of the molecule is Cl.Fc1cccc2c1CN1CCCCCC1=N2. The number of hydrogen-bond donors (Lipinski definition) is 0. The maximum absolute atomic E-state index is 13.6. The van der Waals surface area contributed by atoms with Gasteiger partial charge < -0.3 is 4.90 Å². The zero-order chi connectivity index (χ0) is 11.0. The van der Waals surface area contributed by atoms with Crippen molar-refractivity contribution in [2.24, 2.45) is 4.99 Å². The van der Waals surface area contributed by atoms with Crippen molar-refractivity contribution in [3.05, 3.63) is 29.6 Å². The van der Waals surface area contributed by atoms with E-state index in [2.05, 4.69) is 9.89 Å². The second-order valence-electron chi connectivity index (χ2n) is 4.50. The van der Waals surface area contributed by atoms with Gasteiger partial charge in [-0.15, -0.1) is 12.4 Å². The zero-order valence-corrected chi connectivity index (χ0v) is 10.5. The van der Waals surface area contributed by atoms with Gasteiger partial charge in [0.05, 0.1) is 5.69 Å². The molecule has 0 bridgehead atoms. The fourth-order valence-corrected chi connectivity index (χ4v) is 2.49. The van der Waals surface area contributed by atoms with Gasteiger partial charge in [-0.2, -0.15) is 0 Å². The Morgan fingerprint density at radius 1 is 1.18 bits per heavy atom. The lowest BCUT2D eigenvalue weighted by atomic mass is 10.1. The van der Waals surface area contributed by atoms with Crippen LogP contribution in [0.1, 0.15) is 31.2 Å². The number of amidine groups is 1. The van der Waals surface area contributed by atoms with Gasteiger partial charge in [0.2, 0.25) is 0 Å². The summed E-state index contributed by atoms with van der Waals surface area (Å²) in [5.41, 5.74) is 1.58. The molecule has 0 spiro atoms. The first-order chi connectivity index (χ1) is 7.84. The topological polar surface area (TPSA) is 15.6 Å². The smallest absolute Gasteiger partial charge is 0.130 e. The Hall–Kier alpha value is -1.09. The van der Waals surface area contributed by atoms with Gasteiger partial charge in [-0.25, -0.2) is 9.38 Å². The molecule has 2 heterocycles. The summed E-state index contributed by atoms with van der Waals surface area (Å²) in [6, 6.07) is 5.18. The molecule has 0 unspecified atom stereocenters. The second-order valence-corrected chi connectivity index (χ2v) is 4.50. The molecule has 0 radical (unpaired) electrons. The molecule has 0 N–H and O–H groups in total. The summed E-state index contributed by atoms with van der Waals surface area (Å²) in [7, 11) is 0. The maximum atomic E-state index is 13.6. The van der Waals surface area contributed by atoms with Crippen LogP contribution in [-0.2, 0) is 6.54 Å². The summed E-state index contributed by atoms with van der Waals surface area (Å²) in [5.74, 6) is 1.03. The molecule has 1 fully saturated rings. The van der Waals surface area contributed by atoms with E-state index in [0.717, 1.165) is 30.1 Å². The van der Waals surface area contributed by atoms with Gasteiger partial charge in [-0.05, 0) is 25.0 Å². The van der Waals surface area contributed by atoms with Crippen molar-refractivity contribution < 1.29 is 4.39 Å². The standard InChI is InChI=1S/C13H15FN2.ClH/c14-11-5-4-6-12-10(11)9-16-8-3-1-2-7-13(16)15-12;/h4-6H,1-3,7-9H2;1H. The third kappa shape index (κ3) is 2.29. The molecule has 0 atom stereocenters. The van der Waals surface area contributed by atoms with E-state index in [1.807, 2.05) is 6.07 Å². The monoisotopic (exact) mass is 254 g/mol. The van der Waals surface area contributed by atoms with Crippen LogP contribution in [-0.4, -0.2) is 17.3 Å². The molecule has 4 heteroatoms. The van der Waals surface area contributed by atoms with E-state index in [9.17, 15) is 4.39 Å². The molecule has 1 saturated heterocycles. The fraction of sp³-hybridized carbons (Fsp3) is 0.462. The Bertz CT molecular complexity index is 445. The highest BCUT2D eigenvalue weighted by molar-refractivity contribution is 5.87. The summed E-state index contributed by atoms with van der Waals surface area (Å²) in [6.07, 6.45) is 4.70. The Balaban J connectivity index is 0.00000108. The molecule has 17 heavy (non-hydrogen) atoms. The van der Waals surface area contributed by atoms with E-state index in [0.29, 0.717) is 6.54 Å². The van der Waals surface area contributed by atoms with Crippen LogP contribution in [0.2, 0.25) is 0 Å². The predicted octanol–water partition coefficient (Wildman–Crippen LogP) is 3.67. The molecule has 2 nitrogen and oxygen atoms in total. The van der Waals surface area contributed by atoms with Crippen LogP contribution >= 0.6 is 12.4 Å². The Morgan fingerprint density at radius 3 is 2.94 bits per heavy atom. The van der Waals surface area contributed by atoms with E-state index in [1.165, 1.54) is 25.3 Å². The summed E-state index contributed by atoms with van der Waals surface area (Å²) in [5, 5.41) is 0. The summed E-state index contributed by atoms with van der Waals surface area (Å²) in [4.78, 5) is 6.83. The fourth-order valence-electron chi connectivity index (χ4n) is 2.49. The first kappa shape index (κ1) is 12.4. The van der Waals surface area contributed by atoms with Crippen molar-refractivity contribution in [3.8, 4) is 0 Å². The predicted molar refractivity (Wildman–Crippen MR) is 69.6 cm³/mol. The molecule has 0 saturated carbocycles. The zero-order valence-electron chi connectivity index (χ0n) is 9.66. The molecular formula is C13H16ClFN2. The van der Waals surface area contributed by atoms with Gasteiger partial charge in [0, 0.05) is 25.1 Å². The molecule has 0 aromatic heterocycles. The van der Waals surface area contributed by atoms with Crippen LogP contribution in [0.15, 0.2) is 23.2 Å². The average molecular weight is 255 g/mol. The minimum absolute atomic E-state index is 0. The largest absolute Gasteiger partial charge is 0.356 e. The van der Waals surface area contributed by atoms with Crippen molar-refractivity contribution in [2.75, 3.05) is 6.54 Å². The highest BCUT2D eigenvalue weighted by Gasteiger charge is 2.22. The normalized spacial score (nSPS) is 18.4. The Labute approximate surface area is 107 Å². The minimum Gasteiger partial charge on any atom is -0.356 e. The molecule has 92 valence electrons. The van der Waals surface area contributed by atoms with E-state index in [4.69, 9.17) is 0 Å². The van der Waals surface area contributed by atoms with Crippen LogP contribution in [0.5, 0.6) is 0 Å². The van der Waals surface area contributed by atoms with Crippen LogP contribution < -0.4 is 0 Å². The number of nitrogens with zero attached hydrogens (tertiary/aromatic N) is 2. The van der Waals surface area contributed by atoms with E-state index in [-0.39, 0.29) is 18.2 Å². The van der Waals surface area contributed by atoms with E-state index in [1.54, 1.807) is 6.07 Å². The van der Waals surface area contributed by atoms with E-state index >= 15 is 0 Å². The molecule has 2 aliphatic rings. The van der Waals surface area contributed by atoms with Gasteiger partial charge in [0.1, 0.15) is 11.7 Å². The number of rotatable bonds is 0. The van der Waals surface area contributed by atoms with Crippen molar-refractivity contribution >= 4 is 23.9 Å². The molecule has 3 rings (SSSR count). The Kier molecular flexibility index (Phi) is 3.67. The summed E-state index contributed by atoms with van der Waals surface area (Å²) >= 11 is 0. The third-order valence-electron chi connectivity index (χ3n) is 3.39.